The number of nitrogens with zero attached hydrogens (tertiary/aromatic N) is 4. The Labute approximate surface area is 310 Å². The highest BCUT2D eigenvalue weighted by Gasteiger charge is 2.22. The quantitative estimate of drug-likeness (QED) is 0.180. The van der Waals surface area contributed by atoms with Crippen LogP contribution in [0.2, 0.25) is 0 Å². The molecule has 0 amide bonds. The third-order valence-electron chi connectivity index (χ3n) is 10.4. The molecule has 0 N–H and O–H groups in total. The van der Waals surface area contributed by atoms with Crippen molar-refractivity contribution in [1.82, 2.24) is 19.5 Å². The number of para-hydroxylation sites is 2. The Morgan fingerprint density at radius 3 is 1.67 bits per heavy atom. The molecule has 0 saturated heterocycles. The number of aromatic nitrogens is 4. The molecule has 0 fully saturated rings. The van der Waals surface area contributed by atoms with Gasteiger partial charge in [0, 0.05) is 38.2 Å². The molecule has 0 aliphatic heterocycles. The second-order valence-corrected chi connectivity index (χ2v) is 13.6. The van der Waals surface area contributed by atoms with Crippen LogP contribution >= 0.6 is 0 Å². The van der Waals surface area contributed by atoms with E-state index < -0.39 is 0 Å². The molecule has 0 atom stereocenters. The first-order valence-corrected chi connectivity index (χ1v) is 18.1. The lowest BCUT2D eigenvalue weighted by atomic mass is 10.0. The molecule has 3 aromatic heterocycles. The molecule has 0 spiro atoms. The summed E-state index contributed by atoms with van der Waals surface area (Å²) in [6.07, 6.45) is 0. The van der Waals surface area contributed by atoms with Gasteiger partial charge in [-0.25, -0.2) is 15.0 Å². The number of hydrogen-bond donors (Lipinski definition) is 0. The molecular formula is C49H30N4O. The summed E-state index contributed by atoms with van der Waals surface area (Å²) in [5.41, 5.74) is 9.75. The normalized spacial score (nSPS) is 11.7. The summed E-state index contributed by atoms with van der Waals surface area (Å²) in [6, 6.07) is 63.3. The molecule has 5 nitrogen and oxygen atoms in total. The van der Waals surface area contributed by atoms with Crippen molar-refractivity contribution in [2.75, 3.05) is 0 Å². The zero-order valence-corrected chi connectivity index (χ0v) is 29.0. The van der Waals surface area contributed by atoms with Crippen molar-refractivity contribution in [2.24, 2.45) is 0 Å². The van der Waals surface area contributed by atoms with Gasteiger partial charge in [0.25, 0.3) is 0 Å². The lowest BCUT2D eigenvalue weighted by molar-refractivity contribution is 0.669. The van der Waals surface area contributed by atoms with E-state index in [2.05, 4.69) is 138 Å². The van der Waals surface area contributed by atoms with Gasteiger partial charge in [0.15, 0.2) is 17.5 Å². The predicted molar refractivity (Wildman–Crippen MR) is 221 cm³/mol. The van der Waals surface area contributed by atoms with Crippen LogP contribution in [0.4, 0.5) is 0 Å². The Hall–Kier alpha value is -7.37. The van der Waals surface area contributed by atoms with Gasteiger partial charge < -0.3 is 8.98 Å². The highest BCUT2D eigenvalue weighted by Crippen LogP contribution is 2.41. The smallest absolute Gasteiger partial charge is 0.166 e. The van der Waals surface area contributed by atoms with Crippen molar-refractivity contribution in [2.45, 2.75) is 0 Å². The van der Waals surface area contributed by atoms with Crippen LogP contribution in [-0.2, 0) is 0 Å². The minimum Gasteiger partial charge on any atom is -0.456 e. The molecule has 5 heteroatoms. The average molecular weight is 691 g/mol. The van der Waals surface area contributed by atoms with Crippen LogP contribution < -0.4 is 0 Å². The summed E-state index contributed by atoms with van der Waals surface area (Å²) < 4.78 is 8.89. The van der Waals surface area contributed by atoms with Crippen molar-refractivity contribution in [3.05, 3.63) is 182 Å². The highest BCUT2D eigenvalue weighted by atomic mass is 16.3. The molecule has 0 saturated carbocycles. The van der Waals surface area contributed by atoms with Crippen LogP contribution in [0.3, 0.4) is 0 Å². The van der Waals surface area contributed by atoms with Crippen molar-refractivity contribution in [3.8, 4) is 51.0 Å². The summed E-state index contributed by atoms with van der Waals surface area (Å²) >= 11 is 0. The fourth-order valence-electron chi connectivity index (χ4n) is 7.82. The molecular weight excluding hydrogens is 661 g/mol. The molecule has 11 rings (SSSR count). The van der Waals surface area contributed by atoms with Crippen LogP contribution in [-0.4, -0.2) is 19.5 Å². The van der Waals surface area contributed by atoms with Crippen LogP contribution in [0.1, 0.15) is 0 Å². The SMILES string of the molecule is c1ccc(-c2ccc(-c3nc(-c4ccccc4)nc(-c4cc5oc6ccccc6c5cc4-n4c5ccccc5c5cc6ccccc6cc54)n3)cc2)cc1. The number of fused-ring (bicyclic) bond motifs is 7. The highest BCUT2D eigenvalue weighted by molar-refractivity contribution is 6.15. The Balaban J connectivity index is 1.22. The topological polar surface area (TPSA) is 56.7 Å². The van der Waals surface area contributed by atoms with E-state index in [1.54, 1.807) is 0 Å². The minimum absolute atomic E-state index is 0.565. The van der Waals surface area contributed by atoms with Gasteiger partial charge >= 0.3 is 0 Å². The van der Waals surface area contributed by atoms with Crippen LogP contribution in [0.15, 0.2) is 186 Å². The van der Waals surface area contributed by atoms with Crippen LogP contribution in [0, 0.1) is 0 Å². The van der Waals surface area contributed by atoms with Crippen LogP contribution in [0.5, 0.6) is 0 Å². The second kappa shape index (κ2) is 12.1. The minimum atomic E-state index is 0.565. The summed E-state index contributed by atoms with van der Waals surface area (Å²) in [4.78, 5) is 15.6. The van der Waals surface area contributed by atoms with Gasteiger partial charge in [0.1, 0.15) is 11.2 Å². The fraction of sp³-hybridized carbons (Fsp3) is 0. The standard InChI is InChI=1S/C49H30N4O/c1-3-13-31(14-4-1)32-23-25-34(26-24-32)48-50-47(33-15-5-2-6-16-33)51-49(52-48)41-30-46-40(38-20-10-12-22-45(38)54-46)29-44(41)53-42-21-11-9-19-37(42)39-27-35-17-7-8-18-36(35)28-43(39)53/h1-30H. The average Bonchev–Trinajstić information content (AvgIpc) is 3.77. The van der Waals surface area contributed by atoms with E-state index in [4.69, 9.17) is 19.4 Å². The Bertz CT molecular complexity index is 3200. The summed E-state index contributed by atoms with van der Waals surface area (Å²) in [6.45, 7) is 0. The molecule has 252 valence electrons. The lowest BCUT2D eigenvalue weighted by Crippen LogP contribution is -2.04. The maximum Gasteiger partial charge on any atom is 0.166 e. The first-order chi connectivity index (χ1) is 26.7. The number of benzene rings is 8. The zero-order valence-electron chi connectivity index (χ0n) is 29.0. The summed E-state index contributed by atoms with van der Waals surface area (Å²) in [5, 5.41) is 6.85. The predicted octanol–water partition coefficient (Wildman–Crippen LogP) is 12.7. The zero-order chi connectivity index (χ0) is 35.6. The van der Waals surface area contributed by atoms with Gasteiger partial charge in [-0.3, -0.25) is 0 Å². The van der Waals surface area contributed by atoms with Gasteiger partial charge in [-0.1, -0.05) is 146 Å². The molecule has 0 aliphatic rings. The number of rotatable bonds is 5. The number of hydrogen-bond acceptors (Lipinski definition) is 4. The third kappa shape index (κ3) is 4.90. The fourth-order valence-corrected chi connectivity index (χ4v) is 7.82. The van der Waals surface area contributed by atoms with Gasteiger partial charge in [0.2, 0.25) is 0 Å². The summed E-state index contributed by atoms with van der Waals surface area (Å²) in [5.74, 6) is 1.77. The third-order valence-corrected chi connectivity index (χ3v) is 10.4. The molecule has 8 aromatic carbocycles. The Morgan fingerprint density at radius 2 is 0.907 bits per heavy atom. The first kappa shape index (κ1) is 30.3. The monoisotopic (exact) mass is 690 g/mol. The van der Waals surface area contributed by atoms with Gasteiger partial charge in [0.05, 0.1) is 16.7 Å². The van der Waals surface area contributed by atoms with Gasteiger partial charge in [-0.05, 0) is 58.3 Å². The van der Waals surface area contributed by atoms with Gasteiger partial charge in [-0.2, -0.15) is 0 Å². The molecule has 11 aromatic rings. The second-order valence-electron chi connectivity index (χ2n) is 13.6. The van der Waals surface area contributed by atoms with E-state index in [-0.39, 0.29) is 0 Å². The van der Waals surface area contributed by atoms with Crippen molar-refractivity contribution < 1.29 is 4.42 Å². The maximum atomic E-state index is 6.52. The molecule has 0 aliphatic carbocycles. The molecule has 0 radical (unpaired) electrons. The molecule has 3 heterocycles. The van der Waals surface area contributed by atoms with Crippen molar-refractivity contribution in [3.63, 3.8) is 0 Å². The summed E-state index contributed by atoms with van der Waals surface area (Å²) in [7, 11) is 0. The Morgan fingerprint density at radius 1 is 0.352 bits per heavy atom. The van der Waals surface area contributed by atoms with E-state index in [1.165, 1.54) is 21.5 Å². The maximum absolute atomic E-state index is 6.52. The van der Waals surface area contributed by atoms with E-state index in [0.717, 1.165) is 66.5 Å². The van der Waals surface area contributed by atoms with E-state index in [9.17, 15) is 0 Å². The van der Waals surface area contributed by atoms with E-state index >= 15 is 0 Å². The molecule has 54 heavy (non-hydrogen) atoms. The van der Waals surface area contributed by atoms with Crippen molar-refractivity contribution in [1.29, 1.82) is 0 Å². The Kier molecular flexibility index (Phi) is 6.79. The largest absolute Gasteiger partial charge is 0.456 e. The van der Waals surface area contributed by atoms with E-state index in [0.29, 0.717) is 17.5 Å². The van der Waals surface area contributed by atoms with E-state index in [1.807, 2.05) is 48.5 Å². The van der Waals surface area contributed by atoms with Crippen LogP contribution in [0.25, 0.3) is 105 Å². The van der Waals surface area contributed by atoms with Gasteiger partial charge in [-0.15, -0.1) is 0 Å². The van der Waals surface area contributed by atoms with Crippen molar-refractivity contribution >= 4 is 54.5 Å². The molecule has 0 unspecified atom stereocenters. The first-order valence-electron chi connectivity index (χ1n) is 18.1. The lowest BCUT2D eigenvalue weighted by Gasteiger charge is -2.15. The molecule has 0 bridgehead atoms. The number of furan rings is 1.